The Labute approximate surface area is 172 Å². The molecule has 0 aliphatic heterocycles. The number of nitrogens with zero attached hydrogens (tertiary/aromatic N) is 1. The van der Waals surface area contributed by atoms with Crippen LogP contribution >= 0.6 is 0 Å². The predicted molar refractivity (Wildman–Crippen MR) is 114 cm³/mol. The van der Waals surface area contributed by atoms with Crippen LogP contribution in [0.25, 0.3) is 22.0 Å². The molecule has 1 amide bonds. The zero-order chi connectivity index (χ0) is 21.1. The first kappa shape index (κ1) is 19.6. The zero-order valence-corrected chi connectivity index (χ0v) is 16.4. The predicted octanol–water partition coefficient (Wildman–Crippen LogP) is 3.81. The van der Waals surface area contributed by atoms with Gasteiger partial charge < -0.3 is 15.8 Å². The number of aromatic nitrogens is 2. The minimum absolute atomic E-state index is 0.245. The van der Waals surface area contributed by atoms with Crippen molar-refractivity contribution < 1.29 is 13.9 Å². The average Bonchev–Trinajstić information content (AvgIpc) is 3.17. The number of nitrogens with one attached hydrogen (secondary N) is 2. The van der Waals surface area contributed by atoms with Gasteiger partial charge in [-0.15, -0.1) is 5.10 Å². The summed E-state index contributed by atoms with van der Waals surface area (Å²) in [6.07, 6.45) is 0. The molecule has 0 saturated heterocycles. The number of benzene rings is 3. The van der Waals surface area contributed by atoms with E-state index < -0.39 is 5.95 Å². The van der Waals surface area contributed by atoms with Crippen molar-refractivity contribution >= 4 is 16.8 Å². The lowest BCUT2D eigenvalue weighted by atomic mass is 10.0. The number of halogens is 1. The molecule has 3 aromatic carbocycles. The highest BCUT2D eigenvalue weighted by Gasteiger charge is 2.16. The first-order chi connectivity index (χ1) is 14.6. The third-order valence-electron chi connectivity index (χ3n) is 5.01. The van der Waals surface area contributed by atoms with E-state index >= 15 is 0 Å². The van der Waals surface area contributed by atoms with Crippen LogP contribution in [-0.4, -0.2) is 29.8 Å². The Morgan fingerprint density at radius 1 is 1.13 bits per heavy atom. The van der Waals surface area contributed by atoms with E-state index in [2.05, 4.69) is 15.5 Å². The van der Waals surface area contributed by atoms with Gasteiger partial charge in [-0.3, -0.25) is 9.89 Å². The minimum atomic E-state index is -0.551. The topological polar surface area (TPSA) is 93.0 Å². The Kier molecular flexibility index (Phi) is 5.45. The van der Waals surface area contributed by atoms with Crippen molar-refractivity contribution in [2.24, 2.45) is 5.73 Å². The van der Waals surface area contributed by atoms with Crippen LogP contribution in [0.2, 0.25) is 0 Å². The summed E-state index contributed by atoms with van der Waals surface area (Å²) in [5.41, 5.74) is 9.46. The molecular formula is C23H21FN4O2. The number of aromatic amines is 1. The van der Waals surface area contributed by atoms with Crippen molar-refractivity contribution in [2.45, 2.75) is 6.04 Å². The van der Waals surface area contributed by atoms with Gasteiger partial charge in [0.15, 0.2) is 0 Å². The van der Waals surface area contributed by atoms with Gasteiger partial charge in [-0.1, -0.05) is 30.3 Å². The van der Waals surface area contributed by atoms with Crippen molar-refractivity contribution in [2.75, 3.05) is 13.7 Å². The fraction of sp³-hybridized carbons (Fsp3) is 0.130. The Bertz CT molecular complexity index is 1200. The van der Waals surface area contributed by atoms with E-state index in [1.54, 1.807) is 37.4 Å². The van der Waals surface area contributed by atoms with Gasteiger partial charge in [-0.25, -0.2) is 0 Å². The summed E-state index contributed by atoms with van der Waals surface area (Å²) in [6.45, 7) is 0.245. The quantitative estimate of drug-likeness (QED) is 0.456. The SMILES string of the molecule is COc1cccc([C@H](CN)NC(=O)c2cccc(-c3ccc4[nH]nc(F)c4c3)c2)c1. The van der Waals surface area contributed by atoms with Gasteiger partial charge in [0.2, 0.25) is 5.95 Å². The molecule has 7 heteroatoms. The van der Waals surface area contributed by atoms with Gasteiger partial charge in [0.1, 0.15) is 5.75 Å². The Morgan fingerprint density at radius 3 is 2.73 bits per heavy atom. The number of amides is 1. The largest absolute Gasteiger partial charge is 0.497 e. The van der Waals surface area contributed by atoms with Gasteiger partial charge in [-0.05, 0) is 53.1 Å². The number of ether oxygens (including phenoxy) is 1. The molecule has 4 N–H and O–H groups in total. The molecule has 0 bridgehead atoms. The zero-order valence-electron chi connectivity index (χ0n) is 16.4. The molecule has 0 radical (unpaired) electrons. The first-order valence-electron chi connectivity index (χ1n) is 9.48. The summed E-state index contributed by atoms with van der Waals surface area (Å²) in [4.78, 5) is 12.9. The van der Waals surface area contributed by atoms with E-state index in [9.17, 15) is 9.18 Å². The second-order valence-electron chi connectivity index (χ2n) is 6.89. The molecule has 4 rings (SSSR count). The lowest BCUT2D eigenvalue weighted by molar-refractivity contribution is 0.0938. The van der Waals surface area contributed by atoms with Crippen LogP contribution in [0.5, 0.6) is 5.75 Å². The molecule has 0 unspecified atom stereocenters. The number of rotatable bonds is 6. The third kappa shape index (κ3) is 3.88. The van der Waals surface area contributed by atoms with Crippen LogP contribution in [0.4, 0.5) is 4.39 Å². The smallest absolute Gasteiger partial charge is 0.251 e. The number of carbonyl (C=O) groups is 1. The summed E-state index contributed by atoms with van der Waals surface area (Å²) >= 11 is 0. The number of hydrogen-bond donors (Lipinski definition) is 3. The van der Waals surface area contributed by atoms with E-state index in [0.717, 1.165) is 16.7 Å². The van der Waals surface area contributed by atoms with E-state index in [-0.39, 0.29) is 18.5 Å². The van der Waals surface area contributed by atoms with Gasteiger partial charge in [0.25, 0.3) is 5.91 Å². The van der Waals surface area contributed by atoms with E-state index in [1.807, 2.05) is 36.4 Å². The van der Waals surface area contributed by atoms with Crippen LogP contribution < -0.4 is 15.8 Å². The van der Waals surface area contributed by atoms with E-state index in [1.165, 1.54) is 0 Å². The third-order valence-corrected chi connectivity index (χ3v) is 5.01. The fourth-order valence-corrected chi connectivity index (χ4v) is 3.38. The Morgan fingerprint density at radius 2 is 1.93 bits per heavy atom. The minimum Gasteiger partial charge on any atom is -0.497 e. The second-order valence-corrected chi connectivity index (χ2v) is 6.89. The second kappa shape index (κ2) is 8.34. The van der Waals surface area contributed by atoms with E-state index in [4.69, 9.17) is 10.5 Å². The Balaban J connectivity index is 1.59. The number of H-pyrrole nitrogens is 1. The van der Waals surface area contributed by atoms with Crippen LogP contribution in [0.1, 0.15) is 22.0 Å². The standard InChI is InChI=1S/C23H21FN4O2/c1-30-18-7-3-5-16(11-18)21(13-25)26-23(29)17-6-2-4-14(10-17)15-8-9-20-19(12-15)22(24)28-27-20/h2-12,21H,13,25H2,1H3,(H,26,29)(H,27,28)/t21-/m0/s1. The highest BCUT2D eigenvalue weighted by Crippen LogP contribution is 2.26. The van der Waals surface area contributed by atoms with Crippen LogP contribution in [0, 0.1) is 5.95 Å². The first-order valence-corrected chi connectivity index (χ1v) is 9.48. The van der Waals surface area contributed by atoms with Crippen LogP contribution in [-0.2, 0) is 0 Å². The highest BCUT2D eigenvalue weighted by molar-refractivity contribution is 5.96. The van der Waals surface area contributed by atoms with Gasteiger partial charge in [0, 0.05) is 12.1 Å². The molecule has 0 saturated carbocycles. The number of methoxy groups -OCH3 is 1. The van der Waals surface area contributed by atoms with Crippen molar-refractivity contribution in [1.82, 2.24) is 15.5 Å². The molecule has 0 aliphatic rings. The molecule has 1 aromatic heterocycles. The molecule has 0 spiro atoms. The molecule has 1 heterocycles. The molecule has 6 nitrogen and oxygen atoms in total. The van der Waals surface area contributed by atoms with Gasteiger partial charge >= 0.3 is 0 Å². The lowest BCUT2D eigenvalue weighted by Crippen LogP contribution is -2.33. The van der Waals surface area contributed by atoms with Gasteiger partial charge in [0.05, 0.1) is 24.1 Å². The summed E-state index contributed by atoms with van der Waals surface area (Å²) < 4.78 is 19.1. The molecule has 0 aliphatic carbocycles. The lowest BCUT2D eigenvalue weighted by Gasteiger charge is -2.18. The monoisotopic (exact) mass is 404 g/mol. The summed E-state index contributed by atoms with van der Waals surface area (Å²) in [6, 6.07) is 19.6. The fourth-order valence-electron chi connectivity index (χ4n) is 3.38. The van der Waals surface area contributed by atoms with Crippen molar-refractivity contribution in [1.29, 1.82) is 0 Å². The number of nitrogens with two attached hydrogens (primary N) is 1. The summed E-state index contributed by atoms with van der Waals surface area (Å²) in [7, 11) is 1.59. The molecule has 4 aromatic rings. The normalized spacial score (nSPS) is 12.0. The van der Waals surface area contributed by atoms with Crippen molar-refractivity contribution in [3.63, 3.8) is 0 Å². The van der Waals surface area contributed by atoms with Gasteiger partial charge in [-0.2, -0.15) is 4.39 Å². The number of fused-ring (bicyclic) bond motifs is 1. The molecule has 1 atom stereocenters. The average molecular weight is 404 g/mol. The maximum absolute atomic E-state index is 13.8. The maximum Gasteiger partial charge on any atom is 0.251 e. The molecule has 152 valence electrons. The van der Waals surface area contributed by atoms with E-state index in [0.29, 0.717) is 22.2 Å². The van der Waals surface area contributed by atoms with Crippen LogP contribution in [0.3, 0.4) is 0 Å². The number of carbonyl (C=O) groups excluding carboxylic acids is 1. The maximum atomic E-state index is 13.8. The summed E-state index contributed by atoms with van der Waals surface area (Å²) in [5.74, 6) is -0.0976. The molecule has 0 fully saturated rings. The molecule has 30 heavy (non-hydrogen) atoms. The number of hydrogen-bond acceptors (Lipinski definition) is 4. The highest BCUT2D eigenvalue weighted by atomic mass is 19.1. The van der Waals surface area contributed by atoms with Crippen molar-refractivity contribution in [3.8, 4) is 16.9 Å². The van der Waals surface area contributed by atoms with Crippen LogP contribution in [0.15, 0.2) is 66.7 Å². The summed E-state index contributed by atoms with van der Waals surface area (Å²) in [5, 5.41) is 9.60. The Hall–Kier alpha value is -3.71. The molecular weight excluding hydrogens is 383 g/mol. The van der Waals surface area contributed by atoms with Crippen molar-refractivity contribution in [3.05, 3.63) is 83.8 Å².